The van der Waals surface area contributed by atoms with E-state index < -0.39 is 0 Å². The Morgan fingerprint density at radius 2 is 1.64 bits per heavy atom. The highest BCUT2D eigenvalue weighted by molar-refractivity contribution is 6.14. The zero-order valence-corrected chi connectivity index (χ0v) is 14.3. The molecule has 2 amide bonds. The van der Waals surface area contributed by atoms with Crippen molar-refractivity contribution in [2.75, 3.05) is 17.7 Å². The van der Waals surface area contributed by atoms with Crippen LogP contribution in [0.1, 0.15) is 23.0 Å². The van der Waals surface area contributed by atoms with Crippen molar-refractivity contribution in [3.63, 3.8) is 0 Å². The van der Waals surface area contributed by atoms with E-state index in [4.69, 9.17) is 4.74 Å². The Hall–Kier alpha value is -3.28. The average Bonchev–Trinajstić information content (AvgIpc) is 2.90. The molecule has 0 aliphatic heterocycles. The van der Waals surface area contributed by atoms with Gasteiger partial charge in [0.2, 0.25) is 5.91 Å². The molecule has 6 nitrogen and oxygen atoms in total. The third kappa shape index (κ3) is 3.47. The predicted octanol–water partition coefficient (Wildman–Crippen LogP) is 3.70. The van der Waals surface area contributed by atoms with Crippen LogP contribution in [-0.4, -0.2) is 23.9 Å². The molecule has 1 heterocycles. The Morgan fingerprint density at radius 1 is 1.00 bits per heavy atom. The number of fused-ring (bicyclic) bond motifs is 1. The van der Waals surface area contributed by atoms with Crippen LogP contribution in [0.25, 0.3) is 10.9 Å². The fraction of sp³-hybridized carbons (Fsp3) is 0.158. The molecule has 0 spiro atoms. The molecule has 6 heteroatoms. The van der Waals surface area contributed by atoms with Crippen LogP contribution in [0.15, 0.2) is 42.5 Å². The predicted molar refractivity (Wildman–Crippen MR) is 98.3 cm³/mol. The van der Waals surface area contributed by atoms with Gasteiger partial charge in [-0.25, -0.2) is 0 Å². The monoisotopic (exact) mass is 337 g/mol. The van der Waals surface area contributed by atoms with Gasteiger partial charge in [-0.05, 0) is 43.3 Å². The van der Waals surface area contributed by atoms with Gasteiger partial charge < -0.3 is 20.4 Å². The number of ether oxygens (including phenoxy) is 1. The summed E-state index contributed by atoms with van der Waals surface area (Å²) >= 11 is 0. The summed E-state index contributed by atoms with van der Waals surface area (Å²) in [6, 6.07) is 12.5. The van der Waals surface area contributed by atoms with Crippen molar-refractivity contribution in [3.8, 4) is 5.75 Å². The van der Waals surface area contributed by atoms with E-state index in [-0.39, 0.29) is 11.8 Å². The lowest BCUT2D eigenvalue weighted by atomic mass is 10.1. The summed E-state index contributed by atoms with van der Waals surface area (Å²) in [5, 5.41) is 6.41. The second-order valence-electron chi connectivity index (χ2n) is 5.75. The number of rotatable bonds is 4. The van der Waals surface area contributed by atoms with Crippen molar-refractivity contribution in [2.24, 2.45) is 0 Å². The van der Waals surface area contributed by atoms with E-state index >= 15 is 0 Å². The van der Waals surface area contributed by atoms with Crippen LogP contribution in [0.3, 0.4) is 0 Å². The Bertz CT molecular complexity index is 942. The van der Waals surface area contributed by atoms with Crippen LogP contribution < -0.4 is 15.4 Å². The molecule has 0 aliphatic carbocycles. The molecule has 0 aliphatic rings. The van der Waals surface area contributed by atoms with E-state index in [9.17, 15) is 9.59 Å². The van der Waals surface area contributed by atoms with Crippen molar-refractivity contribution in [1.29, 1.82) is 0 Å². The minimum atomic E-state index is -0.193. The highest BCUT2D eigenvalue weighted by Crippen LogP contribution is 2.27. The molecule has 0 fully saturated rings. The Balaban J connectivity index is 1.85. The average molecular weight is 337 g/mol. The molecule has 128 valence electrons. The molecular formula is C19H19N3O3. The highest BCUT2D eigenvalue weighted by Gasteiger charge is 2.16. The first-order valence-electron chi connectivity index (χ1n) is 7.83. The first-order valence-corrected chi connectivity index (χ1v) is 7.83. The van der Waals surface area contributed by atoms with E-state index in [1.54, 1.807) is 31.4 Å². The number of H-pyrrole nitrogens is 1. The van der Waals surface area contributed by atoms with Gasteiger partial charge in [-0.15, -0.1) is 0 Å². The maximum atomic E-state index is 12.7. The number of carbonyl (C=O) groups excluding carboxylic acids is 2. The van der Waals surface area contributed by atoms with Crippen molar-refractivity contribution < 1.29 is 14.3 Å². The van der Waals surface area contributed by atoms with Crippen molar-refractivity contribution in [1.82, 2.24) is 4.98 Å². The van der Waals surface area contributed by atoms with Gasteiger partial charge in [0.25, 0.3) is 5.91 Å². The lowest BCUT2D eigenvalue weighted by Gasteiger charge is -2.07. The molecule has 3 rings (SSSR count). The number of hydrogen-bond donors (Lipinski definition) is 3. The summed E-state index contributed by atoms with van der Waals surface area (Å²) in [7, 11) is 1.61. The van der Waals surface area contributed by atoms with Gasteiger partial charge in [0.05, 0.1) is 18.2 Å². The standard InChI is InChI=1S/C19H19N3O3/c1-11-18(16-9-8-15(25-3)10-17(16)20-11)19(24)22-14-6-4-13(5-7-14)21-12(2)23/h4-10,20H,1-3H3,(H,21,23)(H,22,24). The SMILES string of the molecule is COc1ccc2c(C(=O)Nc3ccc(NC(C)=O)cc3)c(C)[nH]c2c1. The van der Waals surface area contributed by atoms with Gasteiger partial charge in [0.15, 0.2) is 0 Å². The first kappa shape index (κ1) is 16.6. The van der Waals surface area contributed by atoms with Crippen LogP contribution in [-0.2, 0) is 4.79 Å². The largest absolute Gasteiger partial charge is 0.497 e. The molecule has 0 saturated carbocycles. The summed E-state index contributed by atoms with van der Waals surface area (Å²) in [6.45, 7) is 3.31. The van der Waals surface area contributed by atoms with E-state index in [0.29, 0.717) is 16.9 Å². The van der Waals surface area contributed by atoms with Gasteiger partial charge in [-0.1, -0.05) is 0 Å². The van der Waals surface area contributed by atoms with Crippen LogP contribution >= 0.6 is 0 Å². The van der Waals surface area contributed by atoms with E-state index in [1.165, 1.54) is 6.92 Å². The summed E-state index contributed by atoms with van der Waals surface area (Å²) in [6.07, 6.45) is 0. The van der Waals surface area contributed by atoms with Crippen molar-refractivity contribution in [3.05, 3.63) is 53.7 Å². The zero-order chi connectivity index (χ0) is 18.0. The molecular weight excluding hydrogens is 318 g/mol. The van der Waals surface area contributed by atoms with Crippen LogP contribution in [0.4, 0.5) is 11.4 Å². The number of anilines is 2. The molecule has 25 heavy (non-hydrogen) atoms. The zero-order valence-electron chi connectivity index (χ0n) is 14.3. The third-order valence-corrected chi connectivity index (χ3v) is 3.88. The Kier molecular flexibility index (Phi) is 4.43. The number of benzene rings is 2. The topological polar surface area (TPSA) is 83.2 Å². The number of methoxy groups -OCH3 is 1. The van der Waals surface area contributed by atoms with Crippen molar-refractivity contribution >= 4 is 34.1 Å². The number of carbonyl (C=O) groups is 2. The molecule has 2 aromatic carbocycles. The van der Waals surface area contributed by atoms with Crippen molar-refractivity contribution in [2.45, 2.75) is 13.8 Å². The number of aromatic amines is 1. The molecule has 0 saturated heterocycles. The third-order valence-electron chi connectivity index (χ3n) is 3.88. The summed E-state index contributed by atoms with van der Waals surface area (Å²) in [4.78, 5) is 27.0. The van der Waals surface area contributed by atoms with Crippen LogP contribution in [0.2, 0.25) is 0 Å². The quantitative estimate of drug-likeness (QED) is 0.679. The summed E-state index contributed by atoms with van der Waals surface area (Å²) in [5.74, 6) is 0.400. The Labute approximate surface area is 145 Å². The fourth-order valence-corrected chi connectivity index (χ4v) is 2.76. The van der Waals surface area contributed by atoms with Gasteiger partial charge in [-0.2, -0.15) is 0 Å². The van der Waals surface area contributed by atoms with E-state index in [0.717, 1.165) is 22.3 Å². The number of hydrogen-bond acceptors (Lipinski definition) is 3. The minimum Gasteiger partial charge on any atom is -0.497 e. The highest BCUT2D eigenvalue weighted by atomic mass is 16.5. The summed E-state index contributed by atoms with van der Waals surface area (Å²) in [5.41, 5.74) is 3.57. The molecule has 0 unspecified atom stereocenters. The number of aromatic nitrogens is 1. The molecule has 3 N–H and O–H groups in total. The van der Waals surface area contributed by atoms with Gasteiger partial charge in [-0.3, -0.25) is 9.59 Å². The smallest absolute Gasteiger partial charge is 0.258 e. The minimum absolute atomic E-state index is 0.137. The lowest BCUT2D eigenvalue weighted by Crippen LogP contribution is -2.13. The Morgan fingerprint density at radius 3 is 2.24 bits per heavy atom. The lowest BCUT2D eigenvalue weighted by molar-refractivity contribution is -0.114. The fourth-order valence-electron chi connectivity index (χ4n) is 2.76. The van der Waals surface area contributed by atoms with E-state index in [1.807, 2.05) is 25.1 Å². The summed E-state index contributed by atoms with van der Waals surface area (Å²) < 4.78 is 5.22. The van der Waals surface area contributed by atoms with Gasteiger partial charge >= 0.3 is 0 Å². The molecule has 0 radical (unpaired) electrons. The maximum Gasteiger partial charge on any atom is 0.258 e. The maximum absolute atomic E-state index is 12.7. The number of nitrogens with one attached hydrogen (secondary N) is 3. The van der Waals surface area contributed by atoms with Gasteiger partial charge in [0.1, 0.15) is 5.75 Å². The second kappa shape index (κ2) is 6.68. The molecule has 0 atom stereocenters. The molecule has 1 aromatic heterocycles. The van der Waals surface area contributed by atoms with E-state index in [2.05, 4.69) is 15.6 Å². The number of aryl methyl sites for hydroxylation is 1. The van der Waals surface area contributed by atoms with Crippen LogP contribution in [0, 0.1) is 6.92 Å². The normalized spacial score (nSPS) is 10.5. The molecule has 0 bridgehead atoms. The first-order chi connectivity index (χ1) is 12.0. The second-order valence-corrected chi connectivity index (χ2v) is 5.75. The number of amides is 2. The molecule has 3 aromatic rings. The van der Waals surface area contributed by atoms with Crippen LogP contribution in [0.5, 0.6) is 5.75 Å². The van der Waals surface area contributed by atoms with Gasteiger partial charge in [0, 0.05) is 35.4 Å².